The molecule has 2 aromatic carbocycles. The molecule has 1 aromatic heterocycles. The maximum absolute atomic E-state index is 11.1. The van der Waals surface area contributed by atoms with Crippen molar-refractivity contribution in [2.24, 2.45) is 0 Å². The van der Waals surface area contributed by atoms with Crippen LogP contribution in [0.15, 0.2) is 41.4 Å². The summed E-state index contributed by atoms with van der Waals surface area (Å²) >= 11 is 1.27. The van der Waals surface area contributed by atoms with Gasteiger partial charge in [0, 0.05) is 16.5 Å². The normalized spacial score (nSPS) is 10.7. The maximum Gasteiger partial charge on any atom is 1.00 e. The topological polar surface area (TPSA) is 112 Å². The summed E-state index contributed by atoms with van der Waals surface area (Å²) in [5.74, 6) is 0.695. The van der Waals surface area contributed by atoms with Crippen LogP contribution >= 0.6 is 19.6 Å². The van der Waals surface area contributed by atoms with Crippen molar-refractivity contribution in [3.05, 3.63) is 47.7 Å². The monoisotopic (exact) mass is 465 g/mol. The second-order valence-corrected chi connectivity index (χ2v) is 7.95. The van der Waals surface area contributed by atoms with E-state index in [9.17, 15) is 14.4 Å². The van der Waals surface area contributed by atoms with E-state index in [1.54, 1.807) is 36.4 Å². The second-order valence-electron chi connectivity index (χ2n) is 6.03. The third-order valence-corrected chi connectivity index (χ3v) is 5.49. The van der Waals surface area contributed by atoms with Crippen LogP contribution in [0.4, 0.5) is 0 Å². The van der Waals surface area contributed by atoms with E-state index in [0.717, 1.165) is 22.6 Å². The molecule has 12 heteroatoms. The van der Waals surface area contributed by atoms with Crippen LogP contribution < -0.4 is 78.2 Å². The maximum atomic E-state index is 11.1. The Bertz CT molecular complexity index is 1070. The van der Waals surface area contributed by atoms with Crippen molar-refractivity contribution in [1.82, 2.24) is 15.0 Å². The zero-order valence-electron chi connectivity index (χ0n) is 17.7. The predicted octanol–water partition coefficient (Wildman–Crippen LogP) is -3.50. The Morgan fingerprint density at radius 3 is 2.40 bits per heavy atom. The van der Waals surface area contributed by atoms with Crippen LogP contribution in [0.25, 0.3) is 16.9 Å². The molecule has 0 aliphatic heterocycles. The fourth-order valence-electron chi connectivity index (χ4n) is 2.79. The number of rotatable bonds is 6. The number of phosphoric ester groups is 1. The Kier molecular flexibility index (Phi) is 10.6. The van der Waals surface area contributed by atoms with Gasteiger partial charge in [0.05, 0.1) is 24.7 Å². The molecule has 3 aromatic rings. The van der Waals surface area contributed by atoms with Gasteiger partial charge in [-0.25, -0.2) is 4.68 Å². The molecule has 148 valence electrons. The van der Waals surface area contributed by atoms with Gasteiger partial charge in [0.25, 0.3) is 0 Å². The van der Waals surface area contributed by atoms with E-state index in [2.05, 4.69) is 14.8 Å². The number of aromatic nitrogens is 3. The molecule has 0 fully saturated rings. The molecule has 1 heterocycles. The molecule has 0 amide bonds. The van der Waals surface area contributed by atoms with Gasteiger partial charge in [0.15, 0.2) is 0 Å². The Morgan fingerprint density at radius 2 is 1.80 bits per heavy atom. The molecule has 0 bridgehead atoms. The first-order valence-corrected chi connectivity index (χ1v) is 10.9. The molecule has 0 aliphatic rings. The minimum atomic E-state index is -5.18. The van der Waals surface area contributed by atoms with Gasteiger partial charge in [-0.1, -0.05) is 11.3 Å². The summed E-state index contributed by atoms with van der Waals surface area (Å²) in [6, 6.07) is 8.75. The molecule has 0 atom stereocenters. The molecule has 0 unspecified atom stereocenters. The van der Waals surface area contributed by atoms with Crippen LogP contribution in [0, 0.1) is 13.8 Å². The Morgan fingerprint density at radius 1 is 1.10 bits per heavy atom. The average Bonchev–Trinajstić information content (AvgIpc) is 3.12. The smallest absolute Gasteiger partial charge is 0.780 e. The van der Waals surface area contributed by atoms with E-state index in [4.69, 9.17) is 4.74 Å². The molecule has 0 N–H and O–H groups in total. The molecule has 0 saturated heterocycles. The Balaban J connectivity index is 0.00000225. The van der Waals surface area contributed by atoms with Gasteiger partial charge in [-0.2, -0.15) is 0 Å². The number of methoxy groups -OCH3 is 1. The molecule has 8 nitrogen and oxygen atoms in total. The number of thioether (sulfide) groups is 1. The van der Waals surface area contributed by atoms with Crippen molar-refractivity contribution in [3.8, 4) is 28.4 Å². The first-order chi connectivity index (χ1) is 13.2. The number of aryl methyl sites for hydroxylation is 1. The zero-order chi connectivity index (χ0) is 20.5. The van der Waals surface area contributed by atoms with Gasteiger partial charge in [-0.3, -0.25) is 0 Å². The van der Waals surface area contributed by atoms with E-state index in [0.29, 0.717) is 16.2 Å². The summed E-state index contributed by atoms with van der Waals surface area (Å²) in [7, 11) is -3.59. The summed E-state index contributed by atoms with van der Waals surface area (Å²) < 4.78 is 22.8. The third kappa shape index (κ3) is 6.36. The largest absolute Gasteiger partial charge is 1.00 e. The van der Waals surface area contributed by atoms with Gasteiger partial charge in [-0.15, -0.1) is 16.9 Å². The molecule has 0 radical (unpaired) electrons. The first-order valence-electron chi connectivity index (χ1n) is 8.20. The molecule has 0 spiro atoms. The van der Waals surface area contributed by atoms with E-state index < -0.39 is 7.82 Å². The van der Waals surface area contributed by atoms with Crippen LogP contribution in [0.1, 0.15) is 11.1 Å². The van der Waals surface area contributed by atoms with E-state index in [-0.39, 0.29) is 64.9 Å². The summed E-state index contributed by atoms with van der Waals surface area (Å²) in [6.07, 6.45) is 3.31. The molecule has 3 rings (SSSR count). The van der Waals surface area contributed by atoms with Crippen molar-refractivity contribution in [2.45, 2.75) is 18.7 Å². The quantitative estimate of drug-likeness (QED) is 0.210. The number of hydrogen-bond donors (Lipinski definition) is 0. The van der Waals surface area contributed by atoms with Gasteiger partial charge in [-0.05, 0) is 49.4 Å². The first kappa shape index (κ1) is 27.7. The fourth-order valence-corrected chi connectivity index (χ4v) is 3.75. The predicted molar refractivity (Wildman–Crippen MR) is 103 cm³/mol. The number of benzene rings is 2. The molecular formula is C18H18N3Na2O5PS. The summed E-state index contributed by atoms with van der Waals surface area (Å²) in [6.45, 7) is 3.94. The molecule has 0 saturated carbocycles. The van der Waals surface area contributed by atoms with Gasteiger partial charge in [0.2, 0.25) is 0 Å². The van der Waals surface area contributed by atoms with Crippen LogP contribution in [0.2, 0.25) is 0 Å². The molecule has 30 heavy (non-hydrogen) atoms. The van der Waals surface area contributed by atoms with Gasteiger partial charge in [0.1, 0.15) is 19.3 Å². The van der Waals surface area contributed by atoms with Crippen molar-refractivity contribution < 1.29 is 82.7 Å². The van der Waals surface area contributed by atoms with Gasteiger partial charge < -0.3 is 23.6 Å². The average molecular weight is 465 g/mol. The summed E-state index contributed by atoms with van der Waals surface area (Å²) in [5.41, 5.74) is 3.99. The Labute approximate surface area is 223 Å². The third-order valence-electron chi connectivity index (χ3n) is 4.29. The van der Waals surface area contributed by atoms with Crippen LogP contribution in [-0.2, 0) is 4.57 Å². The van der Waals surface area contributed by atoms with E-state index in [1.165, 1.54) is 17.8 Å². The van der Waals surface area contributed by atoms with E-state index >= 15 is 0 Å². The van der Waals surface area contributed by atoms with Crippen molar-refractivity contribution in [2.75, 3.05) is 13.4 Å². The number of phosphoric acid groups is 1. The van der Waals surface area contributed by atoms with Gasteiger partial charge >= 0.3 is 59.1 Å². The summed E-state index contributed by atoms with van der Waals surface area (Å²) in [4.78, 5) is 22.7. The summed E-state index contributed by atoms with van der Waals surface area (Å²) in [5, 5.41) is 8.12. The molecular weight excluding hydrogens is 447 g/mol. The number of nitrogens with zero attached hydrogens (tertiary/aromatic N) is 3. The number of hydrogen-bond acceptors (Lipinski definition) is 8. The van der Waals surface area contributed by atoms with Crippen molar-refractivity contribution in [1.29, 1.82) is 0 Å². The van der Waals surface area contributed by atoms with Crippen LogP contribution in [-0.4, -0.2) is 28.4 Å². The standard InChI is InChI=1S/C18H20N3O5PS.2Na/c1-11-7-14(9-16(25-3)12(11)2)21-15(10-19-20-21)13-5-6-18(28-4)17(8-13)26-27(22,23)24;;/h5-10H,1-4H3,(H2,22,23,24);;/q;2*+1/p-2. The van der Waals surface area contributed by atoms with E-state index in [1.807, 2.05) is 26.0 Å². The fraction of sp³-hybridized carbons (Fsp3) is 0.222. The number of ether oxygens (including phenoxy) is 1. The minimum absolute atomic E-state index is 0. The molecule has 0 aliphatic carbocycles. The SMILES string of the molecule is COc1cc(-n2nncc2-c2ccc(SC)c(OP(=O)([O-])[O-])c2)cc(C)c1C.[Na+].[Na+]. The Hall–Kier alpha value is -0.320. The van der Waals surface area contributed by atoms with Crippen LogP contribution in [0.5, 0.6) is 11.5 Å². The zero-order valence-corrected chi connectivity index (χ0v) is 23.4. The second kappa shape index (κ2) is 11.5. The van der Waals surface area contributed by atoms with Crippen molar-refractivity contribution in [3.63, 3.8) is 0 Å². The van der Waals surface area contributed by atoms with Crippen molar-refractivity contribution >= 4 is 19.6 Å². The van der Waals surface area contributed by atoms with Crippen LogP contribution in [0.3, 0.4) is 0 Å². The minimum Gasteiger partial charge on any atom is -0.780 e.